The van der Waals surface area contributed by atoms with Gasteiger partial charge in [-0.05, 0) is 122 Å². The van der Waals surface area contributed by atoms with E-state index in [2.05, 4.69) is 20.2 Å². The standard InChI is InChI=1S/C42H26N6O6S6.Ba/c1-21-3-15-31-35(37(21)59(49,50)51)57-41(45-31)25-9-17-29-33(19-25)55-39(43-29)23-5-11-27(12-6-23)47-48-28-13-7-24(8-14-28)40-44-30-18-10-26(20-34(30)56-40)42-46-32-16-4-22(2)38(36(32)58-42)60(52,53)54;/h3-20H,1-2H3,(H,49,50,51)(H,52,53,54);/q;+2/p-2. The van der Waals surface area contributed by atoms with Crippen LogP contribution in [-0.4, -0.2) is 94.8 Å². The van der Waals surface area contributed by atoms with Gasteiger partial charge in [-0.25, -0.2) is 36.8 Å². The second-order valence-corrected chi connectivity index (χ2v) is 20.5. The number of fused-ring (bicyclic) bond motifs is 4. The summed E-state index contributed by atoms with van der Waals surface area (Å²) in [5, 5.41) is 11.8. The molecular formula is C42H24BaN6O6S6. The first-order chi connectivity index (χ1) is 28.7. The molecule has 61 heavy (non-hydrogen) atoms. The van der Waals surface area contributed by atoms with Crippen LogP contribution in [0.3, 0.4) is 0 Å². The molecule has 4 aromatic heterocycles. The maximum Gasteiger partial charge on any atom is 2.00 e. The van der Waals surface area contributed by atoms with Gasteiger partial charge in [0.05, 0.1) is 62.0 Å². The monoisotopic (exact) mass is 1040 g/mol. The fourth-order valence-electron chi connectivity index (χ4n) is 6.82. The van der Waals surface area contributed by atoms with Gasteiger partial charge in [-0.1, -0.05) is 12.1 Å². The Hall–Kier alpha value is -4.13. The third kappa shape index (κ3) is 8.17. The summed E-state index contributed by atoms with van der Waals surface area (Å²) in [6.07, 6.45) is 0. The molecule has 12 nitrogen and oxygen atoms in total. The van der Waals surface area contributed by atoms with Crippen LogP contribution < -0.4 is 0 Å². The second-order valence-electron chi connectivity index (χ2n) is 13.8. The van der Waals surface area contributed by atoms with E-state index in [-0.39, 0.29) is 58.7 Å². The molecule has 0 aliphatic heterocycles. The molecule has 0 unspecified atom stereocenters. The third-order valence-electron chi connectivity index (χ3n) is 9.70. The fraction of sp³-hybridized carbons (Fsp3) is 0.0476. The molecule has 0 saturated carbocycles. The zero-order valence-electron chi connectivity index (χ0n) is 31.7. The van der Waals surface area contributed by atoms with Gasteiger partial charge in [0.25, 0.3) is 0 Å². The number of rotatable bonds is 8. The molecule has 0 amide bonds. The van der Waals surface area contributed by atoms with Crippen molar-refractivity contribution in [1.82, 2.24) is 19.9 Å². The van der Waals surface area contributed by atoms with E-state index in [4.69, 9.17) is 9.97 Å². The predicted octanol–water partition coefficient (Wildman–Crippen LogP) is 11.3. The van der Waals surface area contributed by atoms with Gasteiger partial charge >= 0.3 is 48.9 Å². The number of aromatic nitrogens is 4. The molecule has 0 fully saturated rings. The van der Waals surface area contributed by atoms with E-state index in [1.165, 1.54) is 45.3 Å². The third-order valence-corrected chi connectivity index (χ3v) is 16.4. The Balaban J connectivity index is 0.00000476. The molecule has 296 valence electrons. The molecule has 10 rings (SSSR count). The van der Waals surface area contributed by atoms with Crippen molar-refractivity contribution in [2.45, 2.75) is 23.6 Å². The zero-order chi connectivity index (χ0) is 41.5. The molecule has 0 N–H and O–H groups in total. The molecule has 19 heteroatoms. The Morgan fingerprint density at radius 2 is 0.770 bits per heavy atom. The van der Waals surface area contributed by atoms with Crippen LogP contribution in [0.15, 0.2) is 129 Å². The van der Waals surface area contributed by atoms with Crippen LogP contribution in [0.5, 0.6) is 0 Å². The van der Waals surface area contributed by atoms with Gasteiger partial charge in [0.2, 0.25) is 0 Å². The van der Waals surface area contributed by atoms with E-state index < -0.39 is 20.2 Å². The molecule has 0 aliphatic carbocycles. The molecule has 0 radical (unpaired) electrons. The number of hydrogen-bond donors (Lipinski definition) is 0. The summed E-state index contributed by atoms with van der Waals surface area (Å²) < 4.78 is 74.6. The minimum Gasteiger partial charge on any atom is -0.744 e. The van der Waals surface area contributed by atoms with Crippen molar-refractivity contribution >= 4 is 167 Å². The molecule has 6 aromatic carbocycles. The van der Waals surface area contributed by atoms with Crippen molar-refractivity contribution in [3.05, 3.63) is 120 Å². The van der Waals surface area contributed by atoms with Gasteiger partial charge in [0.1, 0.15) is 40.3 Å². The smallest absolute Gasteiger partial charge is 0.744 e. The van der Waals surface area contributed by atoms with Crippen molar-refractivity contribution in [3.8, 4) is 42.3 Å². The number of aryl methyl sites for hydroxylation is 2. The van der Waals surface area contributed by atoms with Gasteiger partial charge < -0.3 is 9.11 Å². The first kappa shape index (κ1) is 42.2. The molecule has 10 aromatic rings. The Morgan fingerprint density at radius 1 is 0.443 bits per heavy atom. The van der Waals surface area contributed by atoms with E-state index in [0.29, 0.717) is 53.0 Å². The van der Waals surface area contributed by atoms with Crippen molar-refractivity contribution in [2.24, 2.45) is 10.2 Å². The number of benzene rings is 6. The van der Waals surface area contributed by atoms with Crippen LogP contribution >= 0.6 is 45.3 Å². The van der Waals surface area contributed by atoms with E-state index >= 15 is 0 Å². The predicted molar refractivity (Wildman–Crippen MR) is 243 cm³/mol. The average Bonchev–Trinajstić information content (AvgIpc) is 4.03. The van der Waals surface area contributed by atoms with Crippen LogP contribution in [0.2, 0.25) is 0 Å². The minimum atomic E-state index is -4.66. The van der Waals surface area contributed by atoms with E-state index in [1.807, 2.05) is 84.9 Å². The molecule has 0 atom stereocenters. The Bertz CT molecular complexity index is 3400. The Morgan fingerprint density at radius 3 is 1.15 bits per heavy atom. The largest absolute Gasteiger partial charge is 2.00 e. The molecule has 0 spiro atoms. The van der Waals surface area contributed by atoms with Crippen LogP contribution in [-0.2, 0) is 20.2 Å². The first-order valence-corrected chi connectivity index (χ1v) is 24.0. The molecular weight excluding hydrogens is 1010 g/mol. The van der Waals surface area contributed by atoms with E-state index in [1.54, 1.807) is 38.1 Å². The summed E-state index contributed by atoms with van der Waals surface area (Å²) in [4.78, 5) is 18.5. The molecule has 0 saturated heterocycles. The van der Waals surface area contributed by atoms with Crippen molar-refractivity contribution in [1.29, 1.82) is 0 Å². The Labute approximate surface area is 404 Å². The van der Waals surface area contributed by atoms with Crippen LogP contribution in [0.4, 0.5) is 11.4 Å². The first-order valence-electron chi connectivity index (χ1n) is 17.9. The second kappa shape index (κ2) is 16.2. The van der Waals surface area contributed by atoms with Gasteiger partial charge in [-0.15, -0.1) is 45.3 Å². The van der Waals surface area contributed by atoms with Gasteiger partial charge in [-0.3, -0.25) is 0 Å². The van der Waals surface area contributed by atoms with Gasteiger partial charge in [0.15, 0.2) is 0 Å². The summed E-state index contributed by atoms with van der Waals surface area (Å²) in [5.41, 5.74) is 8.18. The molecule has 4 heterocycles. The number of thiazole rings is 4. The number of azo groups is 1. The summed E-state index contributed by atoms with van der Waals surface area (Å²) in [7, 11) is -9.32. The maximum absolute atomic E-state index is 12.0. The normalized spacial score (nSPS) is 12.3. The van der Waals surface area contributed by atoms with Gasteiger partial charge in [-0.2, -0.15) is 10.2 Å². The summed E-state index contributed by atoms with van der Waals surface area (Å²) in [6, 6.07) is 33.5. The fourth-order valence-corrected chi connectivity index (χ4v) is 13.4. The van der Waals surface area contributed by atoms with Crippen LogP contribution in [0.25, 0.3) is 83.2 Å². The number of nitrogens with zero attached hydrogens (tertiary/aromatic N) is 6. The summed E-state index contributed by atoms with van der Waals surface area (Å²) in [5.74, 6) is 0. The van der Waals surface area contributed by atoms with Crippen molar-refractivity contribution < 1.29 is 25.9 Å². The van der Waals surface area contributed by atoms with Crippen LogP contribution in [0, 0.1) is 13.8 Å². The summed E-state index contributed by atoms with van der Waals surface area (Å²) in [6.45, 7) is 3.21. The van der Waals surface area contributed by atoms with Crippen molar-refractivity contribution in [2.75, 3.05) is 0 Å². The SMILES string of the molecule is Cc1ccc2nc(-c3ccc4nc(-c5ccc(N=Nc6ccc(-c7nc8ccc(-c9nc%10ccc(C)c(S(=O)(=O)[O-])c%10s9)cc8s7)cc6)cc5)sc4c3)sc2c1S(=O)(=O)[O-].[Ba+2]. The van der Waals surface area contributed by atoms with Gasteiger partial charge in [0, 0.05) is 22.3 Å². The summed E-state index contributed by atoms with van der Waals surface area (Å²) >= 11 is 5.43. The Kier molecular flexibility index (Phi) is 11.2. The van der Waals surface area contributed by atoms with E-state index in [0.717, 1.165) is 52.7 Å². The van der Waals surface area contributed by atoms with Crippen LogP contribution in [0.1, 0.15) is 11.1 Å². The topological polar surface area (TPSA) is 191 Å². The number of hydrogen-bond acceptors (Lipinski definition) is 16. The quantitative estimate of drug-likeness (QED) is 0.0804. The molecule has 0 aliphatic rings. The average molecular weight is 1040 g/mol. The maximum atomic E-state index is 12.0. The van der Waals surface area contributed by atoms with Crippen molar-refractivity contribution in [3.63, 3.8) is 0 Å². The molecule has 0 bridgehead atoms. The van der Waals surface area contributed by atoms with E-state index in [9.17, 15) is 25.9 Å². The zero-order valence-corrected chi connectivity index (χ0v) is 41.0. The minimum absolute atomic E-state index is 0.